The van der Waals surface area contributed by atoms with E-state index >= 15 is 0 Å². The van der Waals surface area contributed by atoms with Crippen molar-refractivity contribution in [3.63, 3.8) is 0 Å². The molecule has 0 spiro atoms. The Labute approximate surface area is 131 Å². The SMILES string of the molecule is CCC(=O)NCc1cc(B2OC(C)(C)C(C)(C)O2)ccc1F. The summed E-state index contributed by atoms with van der Waals surface area (Å²) in [7, 11) is -0.536. The number of benzene rings is 1. The highest BCUT2D eigenvalue weighted by molar-refractivity contribution is 6.62. The first-order valence-corrected chi connectivity index (χ1v) is 7.57. The molecule has 1 heterocycles. The summed E-state index contributed by atoms with van der Waals surface area (Å²) in [6.07, 6.45) is 0.374. The zero-order valence-corrected chi connectivity index (χ0v) is 13.8. The molecule has 2 rings (SSSR count). The molecule has 120 valence electrons. The molecule has 1 N–H and O–H groups in total. The van der Waals surface area contributed by atoms with Crippen LogP contribution in [0.3, 0.4) is 0 Å². The minimum Gasteiger partial charge on any atom is -0.399 e. The van der Waals surface area contributed by atoms with E-state index in [2.05, 4.69) is 5.32 Å². The van der Waals surface area contributed by atoms with Crippen molar-refractivity contribution in [2.24, 2.45) is 0 Å². The van der Waals surface area contributed by atoms with Crippen LogP contribution in [0.15, 0.2) is 18.2 Å². The summed E-state index contributed by atoms with van der Waals surface area (Å²) < 4.78 is 25.8. The van der Waals surface area contributed by atoms with Crippen LogP contribution in [0.1, 0.15) is 46.6 Å². The summed E-state index contributed by atoms with van der Waals surface area (Å²) in [5, 5.41) is 2.68. The van der Waals surface area contributed by atoms with Gasteiger partial charge in [0, 0.05) is 18.5 Å². The van der Waals surface area contributed by atoms with Crippen LogP contribution >= 0.6 is 0 Å². The maximum atomic E-state index is 13.9. The highest BCUT2D eigenvalue weighted by Gasteiger charge is 2.51. The fourth-order valence-electron chi connectivity index (χ4n) is 2.17. The maximum absolute atomic E-state index is 13.9. The third-order valence-electron chi connectivity index (χ3n) is 4.39. The summed E-state index contributed by atoms with van der Waals surface area (Å²) in [6, 6.07) is 4.73. The van der Waals surface area contributed by atoms with Crippen LogP contribution in [-0.4, -0.2) is 24.2 Å². The molecule has 1 fully saturated rings. The normalized spacial score (nSPS) is 19.3. The minimum absolute atomic E-state index is 0.111. The third-order valence-corrected chi connectivity index (χ3v) is 4.39. The Hall–Kier alpha value is -1.40. The van der Waals surface area contributed by atoms with Crippen LogP contribution in [0, 0.1) is 5.82 Å². The number of hydrogen-bond donors (Lipinski definition) is 1. The van der Waals surface area contributed by atoms with E-state index in [-0.39, 0.29) is 18.3 Å². The van der Waals surface area contributed by atoms with E-state index in [4.69, 9.17) is 9.31 Å². The van der Waals surface area contributed by atoms with Crippen molar-refractivity contribution in [3.8, 4) is 0 Å². The summed E-state index contributed by atoms with van der Waals surface area (Å²) in [5.41, 5.74) is 0.292. The first-order valence-electron chi connectivity index (χ1n) is 7.57. The predicted molar refractivity (Wildman–Crippen MR) is 84.3 cm³/mol. The molecule has 0 unspecified atom stereocenters. The van der Waals surface area contributed by atoms with Crippen molar-refractivity contribution < 1.29 is 18.5 Å². The number of rotatable bonds is 4. The first-order chi connectivity index (χ1) is 10.2. The maximum Gasteiger partial charge on any atom is 0.494 e. The summed E-state index contributed by atoms with van der Waals surface area (Å²) in [4.78, 5) is 11.3. The standard InChI is InChI=1S/C16H23BFNO3/c1-6-14(20)19-10-11-9-12(7-8-13(11)18)17-21-15(2,3)16(4,5)22-17/h7-9H,6,10H2,1-5H3,(H,19,20). The molecule has 0 saturated carbocycles. The number of nitrogens with one attached hydrogen (secondary N) is 1. The molecule has 1 aliphatic rings. The lowest BCUT2D eigenvalue weighted by atomic mass is 9.78. The molecule has 1 amide bonds. The molecule has 0 aromatic heterocycles. The molecule has 0 radical (unpaired) electrons. The number of hydrogen-bond acceptors (Lipinski definition) is 3. The lowest BCUT2D eigenvalue weighted by Gasteiger charge is -2.32. The second kappa shape index (κ2) is 6.01. The number of halogens is 1. The average molecular weight is 307 g/mol. The third kappa shape index (κ3) is 3.33. The molecule has 1 saturated heterocycles. The van der Waals surface area contributed by atoms with Gasteiger partial charge in [-0.3, -0.25) is 4.79 Å². The van der Waals surface area contributed by atoms with E-state index in [1.807, 2.05) is 27.7 Å². The van der Waals surface area contributed by atoms with Gasteiger partial charge in [0.2, 0.25) is 5.91 Å². The van der Waals surface area contributed by atoms with E-state index in [1.54, 1.807) is 19.1 Å². The van der Waals surface area contributed by atoms with Crippen LogP contribution in [0.4, 0.5) is 4.39 Å². The van der Waals surface area contributed by atoms with Crippen molar-refractivity contribution in [2.45, 2.75) is 58.8 Å². The van der Waals surface area contributed by atoms with E-state index in [0.717, 1.165) is 5.46 Å². The molecule has 4 nitrogen and oxygen atoms in total. The number of carbonyl (C=O) groups is 1. The fraction of sp³-hybridized carbons (Fsp3) is 0.562. The molecule has 0 atom stereocenters. The quantitative estimate of drug-likeness (QED) is 0.867. The zero-order chi connectivity index (χ0) is 16.5. The van der Waals surface area contributed by atoms with Crippen LogP contribution in [-0.2, 0) is 20.6 Å². The van der Waals surface area contributed by atoms with E-state index in [1.165, 1.54) is 6.07 Å². The molecule has 22 heavy (non-hydrogen) atoms. The van der Waals surface area contributed by atoms with Gasteiger partial charge in [0.05, 0.1) is 11.2 Å². The molecule has 1 aliphatic heterocycles. The van der Waals surface area contributed by atoms with Gasteiger partial charge in [-0.15, -0.1) is 0 Å². The molecule has 0 bridgehead atoms. The first kappa shape index (κ1) is 17.0. The van der Waals surface area contributed by atoms with Gasteiger partial charge in [0.1, 0.15) is 5.82 Å². The van der Waals surface area contributed by atoms with Gasteiger partial charge in [0.15, 0.2) is 0 Å². The van der Waals surface area contributed by atoms with E-state index in [9.17, 15) is 9.18 Å². The Bertz CT molecular complexity index is 559. The van der Waals surface area contributed by atoms with Gasteiger partial charge in [0.25, 0.3) is 0 Å². The van der Waals surface area contributed by atoms with Gasteiger partial charge in [-0.05, 0) is 39.2 Å². The largest absolute Gasteiger partial charge is 0.494 e. The van der Waals surface area contributed by atoms with E-state index < -0.39 is 18.3 Å². The fourth-order valence-corrected chi connectivity index (χ4v) is 2.17. The highest BCUT2D eigenvalue weighted by Crippen LogP contribution is 2.36. The van der Waals surface area contributed by atoms with Crippen molar-refractivity contribution in [3.05, 3.63) is 29.6 Å². The number of carbonyl (C=O) groups excluding carboxylic acids is 1. The molecule has 0 aliphatic carbocycles. The van der Waals surface area contributed by atoms with Crippen molar-refractivity contribution in [1.82, 2.24) is 5.32 Å². The molecule has 6 heteroatoms. The van der Waals surface area contributed by atoms with Crippen LogP contribution < -0.4 is 10.8 Å². The topological polar surface area (TPSA) is 47.6 Å². The van der Waals surface area contributed by atoms with Crippen LogP contribution in [0.2, 0.25) is 0 Å². The van der Waals surface area contributed by atoms with Gasteiger partial charge in [-0.1, -0.05) is 19.1 Å². The Morgan fingerprint density at radius 3 is 2.36 bits per heavy atom. The lowest BCUT2D eigenvalue weighted by molar-refractivity contribution is -0.120. The van der Waals surface area contributed by atoms with Crippen molar-refractivity contribution >= 4 is 18.5 Å². The van der Waals surface area contributed by atoms with Crippen molar-refractivity contribution in [1.29, 1.82) is 0 Å². The predicted octanol–water partition coefficient (Wildman–Crippen LogP) is 2.15. The molecular weight excluding hydrogens is 284 g/mol. The Morgan fingerprint density at radius 1 is 1.23 bits per heavy atom. The van der Waals surface area contributed by atoms with Gasteiger partial charge < -0.3 is 14.6 Å². The zero-order valence-electron chi connectivity index (χ0n) is 13.8. The van der Waals surface area contributed by atoms with Gasteiger partial charge in [-0.25, -0.2) is 4.39 Å². The second-order valence-corrected chi connectivity index (χ2v) is 6.57. The average Bonchev–Trinajstić information content (AvgIpc) is 2.66. The summed E-state index contributed by atoms with van der Waals surface area (Å²) >= 11 is 0. The summed E-state index contributed by atoms with van der Waals surface area (Å²) in [6.45, 7) is 9.80. The smallest absolute Gasteiger partial charge is 0.399 e. The Kier molecular flexibility index (Phi) is 4.63. The minimum atomic E-state index is -0.536. The molecular formula is C16H23BFNO3. The Morgan fingerprint density at radius 2 is 1.82 bits per heavy atom. The van der Waals surface area contributed by atoms with Gasteiger partial charge >= 0.3 is 7.12 Å². The van der Waals surface area contributed by atoms with Crippen LogP contribution in [0.25, 0.3) is 0 Å². The summed E-state index contributed by atoms with van der Waals surface area (Å²) in [5.74, 6) is -0.461. The monoisotopic (exact) mass is 307 g/mol. The highest BCUT2D eigenvalue weighted by atomic mass is 19.1. The van der Waals surface area contributed by atoms with Crippen molar-refractivity contribution in [2.75, 3.05) is 0 Å². The second-order valence-electron chi connectivity index (χ2n) is 6.57. The van der Waals surface area contributed by atoms with Gasteiger partial charge in [-0.2, -0.15) is 0 Å². The van der Waals surface area contributed by atoms with Crippen LogP contribution in [0.5, 0.6) is 0 Å². The molecule has 1 aromatic carbocycles. The lowest BCUT2D eigenvalue weighted by Crippen LogP contribution is -2.41. The molecule has 1 aromatic rings. The number of amides is 1. The Balaban J connectivity index is 2.18. The van der Waals surface area contributed by atoms with E-state index in [0.29, 0.717) is 12.0 Å².